The summed E-state index contributed by atoms with van der Waals surface area (Å²) in [5.41, 5.74) is 0. The molecular formula is C8H14MgO2S2. The van der Waals surface area contributed by atoms with Crippen molar-refractivity contribution in [2.24, 2.45) is 0 Å². The zero-order chi connectivity index (χ0) is 8.81. The van der Waals surface area contributed by atoms with E-state index in [2.05, 4.69) is 0 Å². The van der Waals surface area contributed by atoms with Gasteiger partial charge in [0.05, 0.1) is 0 Å². The van der Waals surface area contributed by atoms with Gasteiger partial charge in [-0.15, -0.1) is 0 Å². The van der Waals surface area contributed by atoms with E-state index < -0.39 is 5.97 Å². The van der Waals surface area contributed by atoms with Crippen molar-refractivity contribution in [3.8, 4) is 0 Å². The standard InChI is InChI=1S/C8H14O2S2.Mg/c9-8(10)4-2-1-3-7-5-6-11-12-7;/h7H,1-6H2,(H,9,10);/t7-;/m1./s1. The molecule has 1 fully saturated rings. The van der Waals surface area contributed by atoms with Crippen LogP contribution in [-0.4, -0.2) is 45.1 Å². The second-order valence-electron chi connectivity index (χ2n) is 2.97. The summed E-state index contributed by atoms with van der Waals surface area (Å²) in [5.74, 6) is 0.609. The topological polar surface area (TPSA) is 37.3 Å². The molecule has 1 N–H and O–H groups in total. The van der Waals surface area contributed by atoms with E-state index in [-0.39, 0.29) is 23.1 Å². The predicted octanol–water partition coefficient (Wildman–Crippen LogP) is 2.40. The maximum atomic E-state index is 10.2. The van der Waals surface area contributed by atoms with Crippen LogP contribution < -0.4 is 0 Å². The smallest absolute Gasteiger partial charge is 0.303 e. The number of carboxylic acids is 1. The summed E-state index contributed by atoms with van der Waals surface area (Å²) in [6.45, 7) is 0. The molecule has 0 aromatic heterocycles. The van der Waals surface area contributed by atoms with Gasteiger partial charge >= 0.3 is 5.97 Å². The van der Waals surface area contributed by atoms with Crippen molar-refractivity contribution in [3.05, 3.63) is 0 Å². The summed E-state index contributed by atoms with van der Waals surface area (Å²) in [5, 5.41) is 9.19. The molecule has 0 bridgehead atoms. The largest absolute Gasteiger partial charge is 0.481 e. The van der Waals surface area contributed by atoms with Gasteiger partial charge in [-0.2, -0.15) is 0 Å². The summed E-state index contributed by atoms with van der Waals surface area (Å²) in [7, 11) is 3.92. The molecule has 1 heterocycles. The lowest BCUT2D eigenvalue weighted by Gasteiger charge is -2.04. The van der Waals surface area contributed by atoms with Gasteiger partial charge in [0.15, 0.2) is 0 Å². The van der Waals surface area contributed by atoms with E-state index in [1.165, 1.54) is 18.6 Å². The number of carboxylic acid groups (broad SMARTS) is 1. The Labute approximate surface area is 103 Å². The maximum absolute atomic E-state index is 10.2. The first kappa shape index (κ1) is 13.9. The first-order valence-electron chi connectivity index (χ1n) is 4.29. The molecule has 1 atom stereocenters. The van der Waals surface area contributed by atoms with E-state index in [0.29, 0.717) is 6.42 Å². The number of hydrogen-bond acceptors (Lipinski definition) is 3. The summed E-state index contributed by atoms with van der Waals surface area (Å²) in [4.78, 5) is 10.2. The van der Waals surface area contributed by atoms with Gasteiger partial charge < -0.3 is 5.11 Å². The van der Waals surface area contributed by atoms with Crippen LogP contribution in [0.2, 0.25) is 0 Å². The predicted molar refractivity (Wildman–Crippen MR) is 60.3 cm³/mol. The van der Waals surface area contributed by atoms with Crippen LogP contribution in [-0.2, 0) is 4.79 Å². The van der Waals surface area contributed by atoms with E-state index in [1.54, 1.807) is 0 Å². The van der Waals surface area contributed by atoms with Crippen LogP contribution in [0.25, 0.3) is 0 Å². The molecule has 0 saturated carbocycles. The third-order valence-electron chi connectivity index (χ3n) is 1.89. The molecule has 5 heteroatoms. The monoisotopic (exact) mass is 230 g/mol. The van der Waals surface area contributed by atoms with Crippen molar-refractivity contribution in [2.75, 3.05) is 5.75 Å². The van der Waals surface area contributed by atoms with Gasteiger partial charge in [-0.3, -0.25) is 4.79 Å². The van der Waals surface area contributed by atoms with Crippen molar-refractivity contribution in [1.29, 1.82) is 0 Å². The van der Waals surface area contributed by atoms with Crippen molar-refractivity contribution < 1.29 is 9.90 Å². The molecule has 1 aliphatic rings. The minimum absolute atomic E-state index is 0. The molecule has 0 aliphatic carbocycles. The first-order chi connectivity index (χ1) is 5.79. The second kappa shape index (κ2) is 8.26. The van der Waals surface area contributed by atoms with Crippen LogP contribution in [0.3, 0.4) is 0 Å². The first-order valence-corrected chi connectivity index (χ1v) is 6.67. The highest BCUT2D eigenvalue weighted by molar-refractivity contribution is 8.77. The van der Waals surface area contributed by atoms with E-state index >= 15 is 0 Å². The number of unbranched alkanes of at least 4 members (excludes halogenated alkanes) is 1. The highest BCUT2D eigenvalue weighted by Crippen LogP contribution is 2.39. The zero-order valence-electron chi connectivity index (χ0n) is 7.70. The SMILES string of the molecule is O=C(O)CCCC[C@@H]1CCSS1.[Mg]. The Morgan fingerprint density at radius 2 is 2.23 bits per heavy atom. The molecule has 13 heavy (non-hydrogen) atoms. The summed E-state index contributed by atoms with van der Waals surface area (Å²) in [6.07, 6.45) is 4.76. The van der Waals surface area contributed by atoms with Crippen LogP contribution >= 0.6 is 21.6 Å². The number of aliphatic carboxylic acids is 1. The minimum atomic E-state index is -0.663. The molecule has 1 rings (SSSR count). The average molecular weight is 231 g/mol. The van der Waals surface area contributed by atoms with E-state index in [9.17, 15) is 4.79 Å². The van der Waals surface area contributed by atoms with Crippen molar-refractivity contribution in [1.82, 2.24) is 0 Å². The fraction of sp³-hybridized carbons (Fsp3) is 0.875. The normalized spacial score (nSPS) is 21.1. The lowest BCUT2D eigenvalue weighted by atomic mass is 10.1. The molecular weight excluding hydrogens is 217 g/mol. The Bertz CT molecular complexity index is 149. The Hall–Kier alpha value is 0.936. The van der Waals surface area contributed by atoms with E-state index in [0.717, 1.165) is 18.1 Å². The molecule has 0 aromatic rings. The van der Waals surface area contributed by atoms with Crippen molar-refractivity contribution >= 4 is 50.6 Å². The summed E-state index contributed by atoms with van der Waals surface area (Å²) < 4.78 is 0. The second-order valence-corrected chi connectivity index (χ2v) is 5.76. The number of carbonyl (C=O) groups is 1. The molecule has 2 radical (unpaired) electrons. The highest BCUT2D eigenvalue weighted by atomic mass is 33.1. The van der Waals surface area contributed by atoms with Crippen LogP contribution in [0.15, 0.2) is 0 Å². The van der Waals surface area contributed by atoms with Gasteiger partial charge in [0, 0.05) is 40.5 Å². The van der Waals surface area contributed by atoms with Gasteiger partial charge in [-0.1, -0.05) is 28.0 Å². The fourth-order valence-electron chi connectivity index (χ4n) is 1.21. The Morgan fingerprint density at radius 3 is 2.77 bits per heavy atom. The molecule has 1 aliphatic heterocycles. The molecule has 1 saturated heterocycles. The summed E-state index contributed by atoms with van der Waals surface area (Å²) >= 11 is 0. The lowest BCUT2D eigenvalue weighted by Crippen LogP contribution is -1.99. The van der Waals surface area contributed by atoms with Crippen molar-refractivity contribution in [2.45, 2.75) is 37.4 Å². The number of hydrogen-bond donors (Lipinski definition) is 1. The molecule has 72 valence electrons. The van der Waals surface area contributed by atoms with Gasteiger partial charge in [0.2, 0.25) is 0 Å². The van der Waals surface area contributed by atoms with Gasteiger partial charge in [0.1, 0.15) is 0 Å². The highest BCUT2D eigenvalue weighted by Gasteiger charge is 2.15. The minimum Gasteiger partial charge on any atom is -0.481 e. The lowest BCUT2D eigenvalue weighted by molar-refractivity contribution is -0.137. The maximum Gasteiger partial charge on any atom is 0.303 e. The van der Waals surface area contributed by atoms with Gasteiger partial charge in [-0.05, 0) is 19.3 Å². The quantitative estimate of drug-likeness (QED) is 0.447. The Morgan fingerprint density at radius 1 is 1.46 bits per heavy atom. The van der Waals surface area contributed by atoms with Gasteiger partial charge in [-0.25, -0.2) is 0 Å². The molecule has 0 unspecified atom stereocenters. The molecule has 0 aromatic carbocycles. The van der Waals surface area contributed by atoms with E-state index in [4.69, 9.17) is 5.11 Å². The van der Waals surface area contributed by atoms with Gasteiger partial charge in [0.25, 0.3) is 0 Å². The summed E-state index contributed by atoms with van der Waals surface area (Å²) in [6, 6.07) is 0. The third-order valence-corrected chi connectivity index (χ3v) is 4.90. The Balaban J connectivity index is 0.00000144. The molecule has 2 nitrogen and oxygen atoms in total. The molecule has 0 amide bonds. The van der Waals surface area contributed by atoms with Crippen molar-refractivity contribution in [3.63, 3.8) is 0 Å². The van der Waals surface area contributed by atoms with Crippen LogP contribution in [0.1, 0.15) is 32.1 Å². The zero-order valence-corrected chi connectivity index (χ0v) is 10.7. The fourth-order valence-corrected chi connectivity index (χ4v) is 4.24. The van der Waals surface area contributed by atoms with Crippen LogP contribution in [0, 0.1) is 0 Å². The number of rotatable bonds is 5. The molecule has 0 spiro atoms. The van der Waals surface area contributed by atoms with Crippen LogP contribution in [0.5, 0.6) is 0 Å². The van der Waals surface area contributed by atoms with E-state index in [1.807, 2.05) is 21.6 Å². The third kappa shape index (κ3) is 6.94. The Kier molecular flexibility index (Phi) is 8.86. The average Bonchev–Trinajstić information content (AvgIpc) is 2.49. The van der Waals surface area contributed by atoms with Crippen LogP contribution in [0.4, 0.5) is 0 Å².